The van der Waals surface area contributed by atoms with Gasteiger partial charge in [0.15, 0.2) is 6.71 Å². The Bertz CT molecular complexity index is 557. The van der Waals surface area contributed by atoms with Gasteiger partial charge in [0.25, 0.3) is 0 Å². The van der Waals surface area contributed by atoms with E-state index in [0.717, 1.165) is 12.3 Å². The summed E-state index contributed by atoms with van der Waals surface area (Å²) in [6.07, 6.45) is 3.52. The molecule has 0 spiro atoms. The van der Waals surface area contributed by atoms with Crippen molar-refractivity contribution in [3.05, 3.63) is 23.8 Å². The number of hydrogen-bond acceptors (Lipinski definition) is 1. The Morgan fingerprint density at radius 2 is 1.64 bits per heavy atom. The van der Waals surface area contributed by atoms with Crippen molar-refractivity contribution in [1.29, 1.82) is 0 Å². The number of aliphatic imine (C=N–C) groups is 1. The van der Waals surface area contributed by atoms with Crippen LogP contribution in [0.1, 0.15) is 47.1 Å². The fourth-order valence-electron chi connectivity index (χ4n) is 3.73. The van der Waals surface area contributed by atoms with E-state index in [9.17, 15) is 0 Å². The van der Waals surface area contributed by atoms with Gasteiger partial charge in [-0.3, -0.25) is 4.99 Å². The van der Waals surface area contributed by atoms with Crippen LogP contribution in [0.5, 0.6) is 0 Å². The lowest BCUT2D eigenvalue weighted by molar-refractivity contribution is 0.177. The molecule has 2 aliphatic heterocycles. The van der Waals surface area contributed by atoms with Crippen molar-refractivity contribution >= 4 is 23.7 Å². The van der Waals surface area contributed by atoms with E-state index in [1.54, 1.807) is 0 Å². The predicted molar refractivity (Wildman–Crippen MR) is 101 cm³/mol. The zero-order valence-corrected chi connectivity index (χ0v) is 15.4. The van der Waals surface area contributed by atoms with Gasteiger partial charge >= 0.3 is 0 Å². The Labute approximate surface area is 136 Å². The smallest absolute Gasteiger partial charge is 0.177 e. The molecule has 1 N–H and O–H groups in total. The maximum absolute atomic E-state index is 4.28. The number of amidine groups is 1. The monoisotopic (exact) mass is 298 g/mol. The number of fused-ring (bicyclic) bond motifs is 1. The minimum atomic E-state index is 0.417. The highest BCUT2D eigenvalue weighted by Gasteiger charge is 2.48. The summed E-state index contributed by atoms with van der Waals surface area (Å²) in [6, 6.07) is 6.98. The van der Waals surface area contributed by atoms with Gasteiger partial charge < -0.3 is 5.32 Å². The zero-order chi connectivity index (χ0) is 16.5. The molecule has 0 atom stereocenters. The highest BCUT2D eigenvalue weighted by molar-refractivity contribution is 6.74. The zero-order valence-electron chi connectivity index (χ0n) is 15.4. The van der Waals surface area contributed by atoms with E-state index in [2.05, 4.69) is 56.2 Å². The molecule has 1 aromatic carbocycles. The molecule has 0 amide bonds. The normalized spacial score (nSPS) is 22.9. The molecule has 1 saturated heterocycles. The topological polar surface area (TPSA) is 24.4 Å². The highest BCUT2D eigenvalue weighted by Crippen LogP contribution is 2.52. The van der Waals surface area contributed by atoms with Crippen molar-refractivity contribution < 1.29 is 0 Å². The van der Waals surface area contributed by atoms with Crippen molar-refractivity contribution in [3.63, 3.8) is 0 Å². The van der Waals surface area contributed by atoms with Crippen LogP contribution in [0.15, 0.2) is 23.2 Å². The van der Waals surface area contributed by atoms with Crippen molar-refractivity contribution in [3.8, 4) is 0 Å². The summed E-state index contributed by atoms with van der Waals surface area (Å²) < 4.78 is 0. The van der Waals surface area contributed by atoms with Gasteiger partial charge in [0, 0.05) is 19.2 Å². The Morgan fingerprint density at radius 1 is 1.05 bits per heavy atom. The van der Waals surface area contributed by atoms with Gasteiger partial charge in [-0.25, -0.2) is 0 Å². The molecule has 3 heteroatoms. The first kappa shape index (κ1) is 17.1. The molecular formula is C19H31BN2. The number of rotatable bonds is 1. The number of nitrogens with zero attached hydrogens (tertiary/aromatic N) is 1. The summed E-state index contributed by atoms with van der Waals surface area (Å²) in [6.45, 7) is 14.4. The molecule has 0 bridgehead atoms. The van der Waals surface area contributed by atoms with Gasteiger partial charge in [-0.15, -0.1) is 0 Å². The van der Waals surface area contributed by atoms with Gasteiger partial charge in [0.2, 0.25) is 0 Å². The van der Waals surface area contributed by atoms with Crippen molar-refractivity contribution in [2.24, 2.45) is 15.8 Å². The molecule has 2 nitrogen and oxygen atoms in total. The number of anilines is 1. The molecule has 120 valence electrons. The number of hydrogen-bond donors (Lipinski definition) is 1. The van der Waals surface area contributed by atoms with E-state index in [1.165, 1.54) is 29.4 Å². The summed E-state index contributed by atoms with van der Waals surface area (Å²) in [5.74, 6) is 1.09. The summed E-state index contributed by atoms with van der Waals surface area (Å²) in [5.41, 5.74) is 4.98. The predicted octanol–water partition coefficient (Wildman–Crippen LogP) is 4.48. The molecule has 0 radical (unpaired) electrons. The molecule has 0 aromatic heterocycles. The van der Waals surface area contributed by atoms with Gasteiger partial charge in [0.05, 0.1) is 0 Å². The Morgan fingerprint density at radius 3 is 2.18 bits per heavy atom. The SMILES string of the molecule is CC.CN=C1Cc2ccc(B3CC(C)(C)C(C)(C)C3)cc2N1. The van der Waals surface area contributed by atoms with Gasteiger partial charge in [0.1, 0.15) is 5.84 Å². The summed E-state index contributed by atoms with van der Waals surface area (Å²) >= 11 is 0. The third kappa shape index (κ3) is 2.95. The minimum Gasteiger partial charge on any atom is -0.344 e. The molecule has 0 saturated carbocycles. The minimum absolute atomic E-state index is 0.417. The lowest BCUT2D eigenvalue weighted by Gasteiger charge is -2.35. The first-order chi connectivity index (χ1) is 10.3. The lowest BCUT2D eigenvalue weighted by Crippen LogP contribution is -2.28. The van der Waals surface area contributed by atoms with Crippen LogP contribution in [0.2, 0.25) is 12.6 Å². The second kappa shape index (κ2) is 6.10. The lowest BCUT2D eigenvalue weighted by atomic mass is 9.42. The molecule has 2 heterocycles. The summed E-state index contributed by atoms with van der Waals surface area (Å²) in [7, 11) is 1.86. The van der Waals surface area contributed by atoms with E-state index >= 15 is 0 Å². The van der Waals surface area contributed by atoms with E-state index in [-0.39, 0.29) is 0 Å². The van der Waals surface area contributed by atoms with Crippen molar-refractivity contribution in [1.82, 2.24) is 0 Å². The van der Waals surface area contributed by atoms with Crippen LogP contribution in [-0.4, -0.2) is 19.6 Å². The Balaban J connectivity index is 0.000000847. The third-order valence-electron chi connectivity index (χ3n) is 5.86. The maximum atomic E-state index is 4.28. The number of benzene rings is 1. The third-order valence-corrected chi connectivity index (χ3v) is 5.86. The van der Waals surface area contributed by atoms with E-state index in [4.69, 9.17) is 0 Å². The van der Waals surface area contributed by atoms with Crippen LogP contribution >= 0.6 is 0 Å². The molecule has 1 fully saturated rings. The van der Waals surface area contributed by atoms with E-state index in [0.29, 0.717) is 17.5 Å². The largest absolute Gasteiger partial charge is 0.344 e. The van der Waals surface area contributed by atoms with Crippen LogP contribution in [-0.2, 0) is 6.42 Å². The van der Waals surface area contributed by atoms with Crippen LogP contribution in [0, 0.1) is 10.8 Å². The molecule has 3 rings (SSSR count). The highest BCUT2D eigenvalue weighted by atomic mass is 15.0. The molecular weight excluding hydrogens is 267 g/mol. The van der Waals surface area contributed by atoms with Crippen LogP contribution in [0.3, 0.4) is 0 Å². The maximum Gasteiger partial charge on any atom is 0.177 e. The van der Waals surface area contributed by atoms with Gasteiger partial charge in [-0.1, -0.05) is 71.8 Å². The van der Waals surface area contributed by atoms with Crippen LogP contribution < -0.4 is 10.8 Å². The quantitative estimate of drug-likeness (QED) is 0.760. The summed E-state index contributed by atoms with van der Waals surface area (Å²) in [5, 5.41) is 3.44. The van der Waals surface area contributed by atoms with Crippen molar-refractivity contribution in [2.75, 3.05) is 12.4 Å². The molecule has 1 aromatic rings. The first-order valence-corrected chi connectivity index (χ1v) is 8.68. The molecule has 0 aliphatic carbocycles. The standard InChI is InChI=1S/C17H25BN2.C2H6/c1-16(2)10-18(11-17(16,3)4)13-7-6-12-8-15(19-5)20-14(12)9-13;1-2/h6-7,9H,8,10-11H2,1-5H3,(H,19,20);1-2H3. The van der Waals surface area contributed by atoms with Crippen molar-refractivity contribution in [2.45, 2.75) is 60.6 Å². The molecule has 22 heavy (non-hydrogen) atoms. The average molecular weight is 298 g/mol. The van der Waals surface area contributed by atoms with Crippen LogP contribution in [0.25, 0.3) is 0 Å². The summed E-state index contributed by atoms with van der Waals surface area (Å²) in [4.78, 5) is 4.28. The fraction of sp³-hybridized carbons (Fsp3) is 0.632. The molecule has 0 unspecified atom stereocenters. The average Bonchev–Trinajstić information content (AvgIpc) is 2.98. The molecule has 2 aliphatic rings. The number of nitrogens with one attached hydrogen (secondary N) is 1. The van der Waals surface area contributed by atoms with E-state index in [1.807, 2.05) is 20.9 Å². The van der Waals surface area contributed by atoms with Crippen LogP contribution in [0.4, 0.5) is 5.69 Å². The van der Waals surface area contributed by atoms with Gasteiger partial charge in [-0.2, -0.15) is 0 Å². The Kier molecular flexibility index (Phi) is 4.74. The van der Waals surface area contributed by atoms with Gasteiger partial charge in [-0.05, 0) is 22.5 Å². The first-order valence-electron chi connectivity index (χ1n) is 8.68. The fourth-order valence-corrected chi connectivity index (χ4v) is 3.73. The second-order valence-electron chi connectivity index (χ2n) is 7.76. The van der Waals surface area contributed by atoms with E-state index < -0.39 is 0 Å². The Hall–Kier alpha value is -1.25. The second-order valence-corrected chi connectivity index (χ2v) is 7.76.